The first-order chi connectivity index (χ1) is 14.7. The summed E-state index contributed by atoms with van der Waals surface area (Å²) in [6.07, 6.45) is 0.741. The Morgan fingerprint density at radius 1 is 1.23 bits per heavy atom. The lowest BCUT2D eigenvalue weighted by Crippen LogP contribution is -2.25. The highest BCUT2D eigenvalue weighted by Crippen LogP contribution is 2.22. The van der Waals surface area contributed by atoms with Crippen LogP contribution in [-0.4, -0.2) is 43.4 Å². The molecule has 3 rings (SSSR count). The maximum atomic E-state index is 12.5. The first-order valence-corrected chi connectivity index (χ1v) is 8.85. The van der Waals surface area contributed by atoms with E-state index in [2.05, 4.69) is 42.6 Å². The topological polar surface area (TPSA) is 136 Å². The summed E-state index contributed by atoms with van der Waals surface area (Å²) in [4.78, 5) is 24.8. The molecular formula is C18H18F3N9O. The third-order valence-corrected chi connectivity index (χ3v) is 3.69. The number of nitrogens with one attached hydrogen (secondary N) is 3. The average Bonchev–Trinajstić information content (AvgIpc) is 3.11. The molecule has 0 aliphatic carbocycles. The van der Waals surface area contributed by atoms with Gasteiger partial charge in [-0.1, -0.05) is 12.1 Å². The number of halogens is 3. The van der Waals surface area contributed by atoms with E-state index in [9.17, 15) is 18.0 Å². The Morgan fingerprint density at radius 2 is 2.03 bits per heavy atom. The number of anilines is 5. The van der Waals surface area contributed by atoms with Gasteiger partial charge in [0.15, 0.2) is 0 Å². The largest absolute Gasteiger partial charge is 0.408 e. The molecule has 0 aliphatic heterocycles. The van der Waals surface area contributed by atoms with Gasteiger partial charge in [0, 0.05) is 18.9 Å². The van der Waals surface area contributed by atoms with Crippen molar-refractivity contribution in [3.8, 4) is 0 Å². The smallest absolute Gasteiger partial charge is 0.384 e. The summed E-state index contributed by atoms with van der Waals surface area (Å²) >= 11 is 0. The molecule has 0 radical (unpaired) electrons. The number of nitrogen functional groups attached to an aromatic ring is 1. The summed E-state index contributed by atoms with van der Waals surface area (Å²) in [6, 6.07) is 4.88. The van der Waals surface area contributed by atoms with Gasteiger partial charge in [0.05, 0.1) is 11.9 Å². The third kappa shape index (κ3) is 6.16. The van der Waals surface area contributed by atoms with Crippen LogP contribution < -0.4 is 21.7 Å². The molecule has 0 unspecified atom stereocenters. The minimum Gasteiger partial charge on any atom is -0.384 e. The second-order valence-corrected chi connectivity index (χ2v) is 6.19. The number of nitrogens with two attached hydrogens (primary N) is 1. The van der Waals surface area contributed by atoms with Crippen molar-refractivity contribution in [3.63, 3.8) is 0 Å². The van der Waals surface area contributed by atoms with Crippen molar-refractivity contribution < 1.29 is 18.0 Å². The van der Waals surface area contributed by atoms with Gasteiger partial charge < -0.3 is 21.7 Å². The van der Waals surface area contributed by atoms with Crippen molar-refractivity contribution in [2.24, 2.45) is 0 Å². The molecule has 0 atom stereocenters. The van der Waals surface area contributed by atoms with Gasteiger partial charge in [-0.15, -0.1) is 6.58 Å². The number of hydrogen-bond acceptors (Lipinski definition) is 8. The van der Waals surface area contributed by atoms with Gasteiger partial charge in [0.25, 0.3) is 5.91 Å². The van der Waals surface area contributed by atoms with E-state index in [-0.39, 0.29) is 35.4 Å². The van der Waals surface area contributed by atoms with Gasteiger partial charge in [-0.3, -0.25) is 9.48 Å². The predicted molar refractivity (Wildman–Crippen MR) is 108 cm³/mol. The summed E-state index contributed by atoms with van der Waals surface area (Å²) in [5, 5.41) is 11.9. The van der Waals surface area contributed by atoms with Gasteiger partial charge >= 0.3 is 6.18 Å². The Balaban J connectivity index is 1.86. The second-order valence-electron chi connectivity index (χ2n) is 6.19. The molecule has 162 valence electrons. The van der Waals surface area contributed by atoms with Gasteiger partial charge in [-0.2, -0.15) is 23.3 Å². The molecule has 5 N–H and O–H groups in total. The van der Waals surface area contributed by atoms with E-state index in [0.717, 1.165) is 10.9 Å². The lowest BCUT2D eigenvalue weighted by molar-refractivity contribution is -0.142. The lowest BCUT2D eigenvalue weighted by Gasteiger charge is -2.12. The van der Waals surface area contributed by atoms with Crippen LogP contribution in [0.1, 0.15) is 10.4 Å². The van der Waals surface area contributed by atoms with Crippen LogP contribution in [0.4, 0.5) is 42.3 Å². The van der Waals surface area contributed by atoms with E-state index in [4.69, 9.17) is 5.73 Å². The molecule has 0 aromatic carbocycles. The molecule has 0 bridgehead atoms. The van der Waals surface area contributed by atoms with Crippen LogP contribution in [0.2, 0.25) is 0 Å². The number of nitrogens with zero attached hydrogens (tertiary/aromatic N) is 5. The van der Waals surface area contributed by atoms with E-state index in [1.807, 2.05) is 0 Å². The molecule has 13 heteroatoms. The fraction of sp³-hybridized carbons (Fsp3) is 0.167. The molecule has 1 amide bonds. The van der Waals surface area contributed by atoms with Crippen LogP contribution in [0, 0.1) is 0 Å². The van der Waals surface area contributed by atoms with Crippen LogP contribution in [0.5, 0.6) is 0 Å². The molecule has 0 saturated carbocycles. The molecule has 0 fully saturated rings. The second kappa shape index (κ2) is 9.11. The fourth-order valence-electron chi connectivity index (χ4n) is 2.43. The average molecular weight is 433 g/mol. The van der Waals surface area contributed by atoms with Crippen LogP contribution in [-0.2, 0) is 6.54 Å². The van der Waals surface area contributed by atoms with Crippen LogP contribution in [0.15, 0.2) is 49.4 Å². The molecule has 3 aromatic heterocycles. The van der Waals surface area contributed by atoms with Crippen molar-refractivity contribution in [1.29, 1.82) is 0 Å². The fourth-order valence-corrected chi connectivity index (χ4v) is 2.43. The standard InChI is InChI=1S/C18H18F3N9O/c1-2-6-23-16(31)12-8-24-17(26-11-7-25-30(9-11)10-18(19,20)21)29-15(12)28-14-5-3-4-13(22)27-14/h2-5,7-9H,1,6,10H2,(H,23,31)(H4,22,24,26,27,28,29). The van der Waals surface area contributed by atoms with Crippen LogP contribution in [0.25, 0.3) is 0 Å². The minimum atomic E-state index is -4.40. The number of aromatic nitrogens is 5. The monoisotopic (exact) mass is 433 g/mol. The van der Waals surface area contributed by atoms with Crippen molar-refractivity contribution in [2.75, 3.05) is 22.9 Å². The zero-order valence-electron chi connectivity index (χ0n) is 16.0. The maximum Gasteiger partial charge on any atom is 0.408 e. The van der Waals surface area contributed by atoms with Gasteiger partial charge in [0.1, 0.15) is 29.6 Å². The van der Waals surface area contributed by atoms with E-state index < -0.39 is 18.6 Å². The zero-order valence-corrected chi connectivity index (χ0v) is 16.0. The lowest BCUT2D eigenvalue weighted by atomic mass is 10.2. The molecule has 3 heterocycles. The van der Waals surface area contributed by atoms with Gasteiger partial charge in [0.2, 0.25) is 5.95 Å². The molecule has 0 spiro atoms. The quantitative estimate of drug-likeness (QED) is 0.398. The van der Waals surface area contributed by atoms with Crippen molar-refractivity contribution in [3.05, 3.63) is 55.0 Å². The Morgan fingerprint density at radius 3 is 2.74 bits per heavy atom. The number of rotatable bonds is 8. The number of amides is 1. The molecular weight excluding hydrogens is 415 g/mol. The third-order valence-electron chi connectivity index (χ3n) is 3.69. The molecule has 3 aromatic rings. The number of hydrogen-bond donors (Lipinski definition) is 4. The summed E-state index contributed by atoms with van der Waals surface area (Å²) in [5.74, 6) is 0.265. The number of carbonyl (C=O) groups is 1. The maximum absolute atomic E-state index is 12.5. The minimum absolute atomic E-state index is 0.0261. The van der Waals surface area contributed by atoms with Crippen molar-refractivity contribution in [2.45, 2.75) is 12.7 Å². The normalized spacial score (nSPS) is 11.1. The molecule has 31 heavy (non-hydrogen) atoms. The predicted octanol–water partition coefficient (Wildman–Crippen LogP) is 2.62. The van der Waals surface area contributed by atoms with E-state index in [1.54, 1.807) is 18.2 Å². The SMILES string of the molecule is C=CCNC(=O)c1cnc(Nc2cnn(CC(F)(F)F)c2)nc1Nc1cccc(N)n1. The number of pyridine rings is 1. The van der Waals surface area contributed by atoms with Crippen LogP contribution >= 0.6 is 0 Å². The van der Waals surface area contributed by atoms with Crippen molar-refractivity contribution in [1.82, 2.24) is 30.0 Å². The zero-order chi connectivity index (χ0) is 22.4. The highest BCUT2D eigenvalue weighted by Gasteiger charge is 2.28. The summed E-state index contributed by atoms with van der Waals surface area (Å²) in [7, 11) is 0. The summed E-state index contributed by atoms with van der Waals surface area (Å²) < 4.78 is 38.2. The Kier molecular flexibility index (Phi) is 6.33. The first-order valence-electron chi connectivity index (χ1n) is 8.85. The summed E-state index contributed by atoms with van der Waals surface area (Å²) in [6.45, 7) is 2.54. The Labute approximate surface area is 174 Å². The Bertz CT molecular complexity index is 1080. The van der Waals surface area contributed by atoms with Gasteiger partial charge in [-0.05, 0) is 12.1 Å². The van der Waals surface area contributed by atoms with Gasteiger partial charge in [-0.25, -0.2) is 9.97 Å². The van der Waals surface area contributed by atoms with E-state index in [1.165, 1.54) is 18.5 Å². The highest BCUT2D eigenvalue weighted by molar-refractivity contribution is 5.99. The summed E-state index contributed by atoms with van der Waals surface area (Å²) in [5.41, 5.74) is 6.03. The molecule has 10 nitrogen and oxygen atoms in total. The molecule has 0 aliphatic rings. The van der Waals surface area contributed by atoms with E-state index in [0.29, 0.717) is 5.82 Å². The number of carbonyl (C=O) groups excluding carboxylic acids is 1. The Hall–Kier alpha value is -4.16. The van der Waals surface area contributed by atoms with E-state index >= 15 is 0 Å². The highest BCUT2D eigenvalue weighted by atomic mass is 19.4. The number of alkyl halides is 3. The first kappa shape index (κ1) is 21.5. The van der Waals surface area contributed by atoms with Crippen LogP contribution in [0.3, 0.4) is 0 Å². The molecule has 0 saturated heterocycles. The van der Waals surface area contributed by atoms with Crippen molar-refractivity contribution >= 4 is 35.0 Å².